The standard InChI is InChI=1S/C14H13NO2/c1-15-7-6-11-12(8-15)14(17)10-5-3-2-4-9(10)13(11)16/h2-5H,6-8H2,1H3. The van der Waals surface area contributed by atoms with E-state index in [1.54, 1.807) is 12.1 Å². The van der Waals surface area contributed by atoms with E-state index >= 15 is 0 Å². The first-order valence-electron chi connectivity index (χ1n) is 5.77. The van der Waals surface area contributed by atoms with Crippen LogP contribution in [-0.2, 0) is 0 Å². The molecule has 0 radical (unpaired) electrons. The van der Waals surface area contributed by atoms with Gasteiger partial charge in [-0.15, -0.1) is 0 Å². The van der Waals surface area contributed by atoms with Crippen molar-refractivity contribution in [2.24, 2.45) is 0 Å². The van der Waals surface area contributed by atoms with E-state index in [0.717, 1.165) is 12.1 Å². The van der Waals surface area contributed by atoms with Gasteiger partial charge in [-0.05, 0) is 13.5 Å². The zero-order valence-electron chi connectivity index (χ0n) is 9.69. The van der Waals surface area contributed by atoms with E-state index < -0.39 is 0 Å². The zero-order chi connectivity index (χ0) is 12.0. The average molecular weight is 227 g/mol. The Morgan fingerprint density at radius 3 is 2.24 bits per heavy atom. The third-order valence-electron chi connectivity index (χ3n) is 3.50. The fourth-order valence-electron chi connectivity index (χ4n) is 2.56. The van der Waals surface area contributed by atoms with Gasteiger partial charge in [0.15, 0.2) is 11.6 Å². The molecule has 1 aromatic carbocycles. The van der Waals surface area contributed by atoms with E-state index in [1.165, 1.54) is 0 Å². The summed E-state index contributed by atoms with van der Waals surface area (Å²) in [5.74, 6) is 0.0741. The molecule has 1 heterocycles. The lowest BCUT2D eigenvalue weighted by Crippen LogP contribution is -2.36. The number of hydrogen-bond donors (Lipinski definition) is 0. The Hall–Kier alpha value is -1.74. The minimum atomic E-state index is 0.0294. The maximum atomic E-state index is 12.3. The van der Waals surface area contributed by atoms with Crippen molar-refractivity contribution in [3.63, 3.8) is 0 Å². The monoisotopic (exact) mass is 227 g/mol. The quantitative estimate of drug-likeness (QED) is 0.677. The SMILES string of the molecule is CN1CCC2=C(C1)C(=O)c1ccccc1C2=O. The van der Waals surface area contributed by atoms with Gasteiger partial charge in [0, 0.05) is 35.4 Å². The second kappa shape index (κ2) is 3.64. The molecule has 2 aliphatic rings. The van der Waals surface area contributed by atoms with Gasteiger partial charge in [0.05, 0.1) is 0 Å². The second-order valence-corrected chi connectivity index (χ2v) is 4.65. The molecule has 0 aromatic heterocycles. The molecule has 1 aliphatic carbocycles. The van der Waals surface area contributed by atoms with Gasteiger partial charge >= 0.3 is 0 Å². The normalized spacial score (nSPS) is 20.3. The number of Topliss-reactive ketones (excluding diaryl/α,β-unsaturated/α-hetero) is 2. The molecule has 1 aromatic rings. The minimum Gasteiger partial charge on any atom is -0.302 e. The highest BCUT2D eigenvalue weighted by molar-refractivity contribution is 6.27. The first-order chi connectivity index (χ1) is 8.18. The summed E-state index contributed by atoms with van der Waals surface area (Å²) < 4.78 is 0. The average Bonchev–Trinajstić information content (AvgIpc) is 2.36. The number of hydrogen-bond acceptors (Lipinski definition) is 3. The number of benzene rings is 1. The number of carbonyl (C=O) groups excluding carboxylic acids is 2. The summed E-state index contributed by atoms with van der Waals surface area (Å²) in [5.41, 5.74) is 2.56. The number of fused-ring (bicyclic) bond motifs is 1. The number of nitrogens with zero attached hydrogens (tertiary/aromatic N) is 1. The summed E-state index contributed by atoms with van der Waals surface area (Å²) in [7, 11) is 1.97. The Balaban J connectivity index is 2.17. The van der Waals surface area contributed by atoms with Crippen molar-refractivity contribution >= 4 is 11.6 Å². The van der Waals surface area contributed by atoms with Crippen LogP contribution in [0.15, 0.2) is 35.4 Å². The van der Waals surface area contributed by atoms with Crippen LogP contribution in [0.1, 0.15) is 27.1 Å². The van der Waals surface area contributed by atoms with Gasteiger partial charge in [0.25, 0.3) is 0 Å². The van der Waals surface area contributed by atoms with Crippen LogP contribution in [0.2, 0.25) is 0 Å². The Kier molecular flexibility index (Phi) is 2.23. The van der Waals surface area contributed by atoms with Gasteiger partial charge in [0.2, 0.25) is 0 Å². The molecular weight excluding hydrogens is 214 g/mol. The first-order valence-corrected chi connectivity index (χ1v) is 5.77. The molecule has 3 nitrogen and oxygen atoms in total. The van der Waals surface area contributed by atoms with Crippen LogP contribution in [-0.4, -0.2) is 36.6 Å². The maximum Gasteiger partial charge on any atom is 0.191 e. The molecule has 0 fully saturated rings. The Bertz CT molecular complexity index is 557. The summed E-state index contributed by atoms with van der Waals surface area (Å²) in [5, 5.41) is 0. The third-order valence-corrected chi connectivity index (χ3v) is 3.50. The molecular formula is C14H13NO2. The van der Waals surface area contributed by atoms with Gasteiger partial charge in [-0.25, -0.2) is 0 Å². The topological polar surface area (TPSA) is 37.4 Å². The van der Waals surface area contributed by atoms with Gasteiger partial charge in [0.1, 0.15) is 0 Å². The summed E-state index contributed by atoms with van der Waals surface area (Å²) in [6, 6.07) is 7.11. The van der Waals surface area contributed by atoms with Crippen LogP contribution in [0.3, 0.4) is 0 Å². The van der Waals surface area contributed by atoms with E-state index in [9.17, 15) is 9.59 Å². The summed E-state index contributed by atoms with van der Waals surface area (Å²) >= 11 is 0. The molecule has 1 aliphatic heterocycles. The molecule has 3 rings (SSSR count). The molecule has 0 atom stereocenters. The molecule has 0 N–H and O–H groups in total. The highest BCUT2D eigenvalue weighted by Crippen LogP contribution is 2.30. The molecule has 17 heavy (non-hydrogen) atoms. The summed E-state index contributed by atoms with van der Waals surface area (Å²) in [6.07, 6.45) is 0.685. The predicted octanol–water partition coefficient (Wildman–Crippen LogP) is 1.70. The minimum absolute atomic E-state index is 0.0294. The Labute approximate surface area is 99.7 Å². The van der Waals surface area contributed by atoms with E-state index in [0.29, 0.717) is 29.7 Å². The predicted molar refractivity (Wildman–Crippen MR) is 64.2 cm³/mol. The van der Waals surface area contributed by atoms with E-state index in [1.807, 2.05) is 19.2 Å². The number of likely N-dealkylation sites (N-methyl/N-ethyl adjacent to an activating group) is 1. The van der Waals surface area contributed by atoms with Gasteiger partial charge < -0.3 is 4.90 Å². The van der Waals surface area contributed by atoms with Crippen molar-refractivity contribution in [2.75, 3.05) is 20.1 Å². The van der Waals surface area contributed by atoms with Crippen molar-refractivity contribution in [1.29, 1.82) is 0 Å². The van der Waals surface area contributed by atoms with E-state index in [4.69, 9.17) is 0 Å². The molecule has 0 saturated carbocycles. The van der Waals surface area contributed by atoms with Gasteiger partial charge in [-0.3, -0.25) is 9.59 Å². The molecule has 0 spiro atoms. The van der Waals surface area contributed by atoms with Crippen molar-refractivity contribution in [1.82, 2.24) is 4.90 Å². The lowest BCUT2D eigenvalue weighted by Gasteiger charge is -2.29. The largest absolute Gasteiger partial charge is 0.302 e. The highest BCUT2D eigenvalue weighted by Gasteiger charge is 2.33. The summed E-state index contributed by atoms with van der Waals surface area (Å²) in [6.45, 7) is 1.44. The molecule has 0 amide bonds. The fraction of sp³-hybridized carbons (Fsp3) is 0.286. The molecule has 0 unspecified atom stereocenters. The Morgan fingerprint density at radius 2 is 1.59 bits per heavy atom. The lowest BCUT2D eigenvalue weighted by atomic mass is 9.81. The number of carbonyl (C=O) groups is 2. The van der Waals surface area contributed by atoms with Crippen molar-refractivity contribution in [3.8, 4) is 0 Å². The zero-order valence-corrected chi connectivity index (χ0v) is 9.69. The highest BCUT2D eigenvalue weighted by atomic mass is 16.1. The van der Waals surface area contributed by atoms with Crippen LogP contribution in [0, 0.1) is 0 Å². The number of ketones is 2. The molecule has 3 heteroatoms. The van der Waals surface area contributed by atoms with Crippen LogP contribution < -0.4 is 0 Å². The lowest BCUT2D eigenvalue weighted by molar-refractivity contribution is 0.0955. The fourth-order valence-corrected chi connectivity index (χ4v) is 2.56. The molecule has 86 valence electrons. The Morgan fingerprint density at radius 1 is 1.00 bits per heavy atom. The van der Waals surface area contributed by atoms with Crippen LogP contribution >= 0.6 is 0 Å². The van der Waals surface area contributed by atoms with Gasteiger partial charge in [-0.1, -0.05) is 24.3 Å². The van der Waals surface area contributed by atoms with E-state index in [2.05, 4.69) is 4.90 Å². The van der Waals surface area contributed by atoms with Crippen molar-refractivity contribution in [3.05, 3.63) is 46.5 Å². The van der Waals surface area contributed by atoms with Crippen LogP contribution in [0.5, 0.6) is 0 Å². The summed E-state index contributed by atoms with van der Waals surface area (Å²) in [4.78, 5) is 26.7. The molecule has 0 saturated heterocycles. The third kappa shape index (κ3) is 1.46. The first kappa shape index (κ1) is 10.4. The van der Waals surface area contributed by atoms with E-state index in [-0.39, 0.29) is 11.6 Å². The van der Waals surface area contributed by atoms with Crippen molar-refractivity contribution < 1.29 is 9.59 Å². The number of rotatable bonds is 0. The van der Waals surface area contributed by atoms with Gasteiger partial charge in [-0.2, -0.15) is 0 Å². The van der Waals surface area contributed by atoms with Crippen LogP contribution in [0.4, 0.5) is 0 Å². The molecule has 0 bridgehead atoms. The van der Waals surface area contributed by atoms with Crippen LogP contribution in [0.25, 0.3) is 0 Å². The second-order valence-electron chi connectivity index (χ2n) is 4.65. The maximum absolute atomic E-state index is 12.3. The van der Waals surface area contributed by atoms with Crippen molar-refractivity contribution in [2.45, 2.75) is 6.42 Å². The smallest absolute Gasteiger partial charge is 0.191 e.